The van der Waals surface area contributed by atoms with Crippen molar-refractivity contribution in [2.45, 2.75) is 12.1 Å². The van der Waals surface area contributed by atoms with Gasteiger partial charge in [-0.15, -0.1) is 0 Å². The van der Waals surface area contributed by atoms with Crippen LogP contribution in [-0.2, 0) is 9.47 Å². The molecule has 0 spiro atoms. The zero-order valence-corrected chi connectivity index (χ0v) is 8.19. The molecule has 2 unspecified atom stereocenters. The highest BCUT2D eigenvalue weighted by molar-refractivity contribution is 4.67. The molecule has 0 heterocycles. The molecule has 80 valence electrons. The van der Waals surface area contributed by atoms with Crippen molar-refractivity contribution < 1.29 is 19.7 Å². The molecule has 2 atom stereocenters. The van der Waals surface area contributed by atoms with Crippen molar-refractivity contribution in [2.24, 2.45) is 0 Å². The van der Waals surface area contributed by atoms with E-state index >= 15 is 0 Å². The van der Waals surface area contributed by atoms with E-state index < -0.39 is 6.10 Å². The third-order valence-electron chi connectivity index (χ3n) is 1.59. The van der Waals surface area contributed by atoms with Crippen molar-refractivity contribution in [2.75, 3.05) is 40.6 Å². The number of hydrogen-bond acceptors (Lipinski definition) is 5. The monoisotopic (exact) mass is 193 g/mol. The number of nitrogens with one attached hydrogen (secondary N) is 1. The van der Waals surface area contributed by atoms with E-state index in [1.54, 1.807) is 7.11 Å². The van der Waals surface area contributed by atoms with Gasteiger partial charge in [0.1, 0.15) is 0 Å². The van der Waals surface area contributed by atoms with Gasteiger partial charge in [-0.25, -0.2) is 0 Å². The summed E-state index contributed by atoms with van der Waals surface area (Å²) < 4.78 is 9.60. The van der Waals surface area contributed by atoms with E-state index in [0.29, 0.717) is 13.2 Å². The van der Waals surface area contributed by atoms with Crippen LogP contribution < -0.4 is 5.32 Å². The van der Waals surface area contributed by atoms with E-state index in [1.807, 2.05) is 0 Å². The fourth-order valence-corrected chi connectivity index (χ4v) is 0.931. The molecular formula is C8H19NO4. The molecule has 0 rings (SSSR count). The molecule has 13 heavy (non-hydrogen) atoms. The summed E-state index contributed by atoms with van der Waals surface area (Å²) in [4.78, 5) is 0. The van der Waals surface area contributed by atoms with E-state index in [0.717, 1.165) is 0 Å². The predicted molar refractivity (Wildman–Crippen MR) is 48.6 cm³/mol. The maximum absolute atomic E-state index is 9.25. The first kappa shape index (κ1) is 12.8. The fourth-order valence-electron chi connectivity index (χ4n) is 0.931. The normalized spacial score (nSPS) is 15.7. The smallest absolute Gasteiger partial charge is 0.0897 e. The third kappa shape index (κ3) is 6.92. The molecule has 0 bridgehead atoms. The Morgan fingerprint density at radius 3 is 2.31 bits per heavy atom. The molecule has 0 aliphatic heterocycles. The van der Waals surface area contributed by atoms with Gasteiger partial charge in [0.15, 0.2) is 0 Å². The van der Waals surface area contributed by atoms with Crippen molar-refractivity contribution in [3.05, 3.63) is 0 Å². The predicted octanol–water partition coefficient (Wildman–Crippen LogP) is -1.41. The largest absolute Gasteiger partial charge is 0.395 e. The number of ether oxygens (including phenoxy) is 2. The van der Waals surface area contributed by atoms with Crippen LogP contribution in [0, 0.1) is 0 Å². The molecule has 0 aliphatic rings. The van der Waals surface area contributed by atoms with Gasteiger partial charge in [0.05, 0.1) is 32.0 Å². The molecule has 0 saturated carbocycles. The summed E-state index contributed by atoms with van der Waals surface area (Å²) in [5, 5.41) is 21.0. The van der Waals surface area contributed by atoms with Crippen molar-refractivity contribution >= 4 is 0 Å². The maximum Gasteiger partial charge on any atom is 0.0897 e. The highest BCUT2D eigenvalue weighted by Crippen LogP contribution is 1.86. The average molecular weight is 193 g/mol. The second-order valence-electron chi connectivity index (χ2n) is 2.85. The molecule has 0 radical (unpaired) electrons. The van der Waals surface area contributed by atoms with Crippen LogP contribution in [0.5, 0.6) is 0 Å². The first-order valence-electron chi connectivity index (χ1n) is 4.24. The standard InChI is InChI=1S/C8H19NO4/c1-12-5-7(4-10)9-3-8(11)6-13-2/h7-11H,3-6H2,1-2H3. The Labute approximate surface area is 78.7 Å². The lowest BCUT2D eigenvalue weighted by atomic mass is 10.3. The van der Waals surface area contributed by atoms with Crippen molar-refractivity contribution in [3.8, 4) is 0 Å². The third-order valence-corrected chi connectivity index (χ3v) is 1.59. The summed E-state index contributed by atoms with van der Waals surface area (Å²) >= 11 is 0. The van der Waals surface area contributed by atoms with Crippen LogP contribution in [0.25, 0.3) is 0 Å². The van der Waals surface area contributed by atoms with E-state index in [2.05, 4.69) is 5.32 Å². The molecule has 0 fully saturated rings. The fraction of sp³-hybridized carbons (Fsp3) is 1.00. The topological polar surface area (TPSA) is 71.0 Å². The number of aliphatic hydroxyl groups is 2. The van der Waals surface area contributed by atoms with Crippen LogP contribution in [0.3, 0.4) is 0 Å². The molecule has 0 aromatic rings. The Bertz CT molecular complexity index is 112. The minimum atomic E-state index is -0.545. The van der Waals surface area contributed by atoms with Crippen LogP contribution in [0.4, 0.5) is 0 Å². The van der Waals surface area contributed by atoms with Crippen molar-refractivity contribution in [3.63, 3.8) is 0 Å². The molecule has 3 N–H and O–H groups in total. The number of methoxy groups -OCH3 is 2. The molecule has 0 aromatic heterocycles. The Hall–Kier alpha value is -0.200. The summed E-state index contributed by atoms with van der Waals surface area (Å²) in [6.45, 7) is 1.10. The Kier molecular flexibility index (Phi) is 8.27. The molecule has 0 saturated heterocycles. The highest BCUT2D eigenvalue weighted by atomic mass is 16.5. The summed E-state index contributed by atoms with van der Waals surface area (Å²) in [7, 11) is 3.10. The van der Waals surface area contributed by atoms with E-state index in [9.17, 15) is 5.11 Å². The van der Waals surface area contributed by atoms with Crippen LogP contribution in [0.15, 0.2) is 0 Å². The highest BCUT2D eigenvalue weighted by Gasteiger charge is 2.09. The summed E-state index contributed by atoms with van der Waals surface area (Å²) in [5.74, 6) is 0. The second kappa shape index (κ2) is 8.40. The summed E-state index contributed by atoms with van der Waals surface area (Å²) in [6, 6.07) is -0.128. The average Bonchev–Trinajstić information content (AvgIpc) is 2.12. The van der Waals surface area contributed by atoms with Crippen LogP contribution >= 0.6 is 0 Å². The maximum atomic E-state index is 9.25. The van der Waals surface area contributed by atoms with Gasteiger partial charge in [0.2, 0.25) is 0 Å². The zero-order valence-electron chi connectivity index (χ0n) is 8.19. The van der Waals surface area contributed by atoms with Gasteiger partial charge in [-0.2, -0.15) is 0 Å². The number of aliphatic hydroxyl groups excluding tert-OH is 2. The SMILES string of the molecule is COCC(O)CNC(CO)COC. The lowest BCUT2D eigenvalue weighted by molar-refractivity contribution is 0.0552. The molecular weight excluding hydrogens is 174 g/mol. The summed E-state index contributed by atoms with van der Waals surface area (Å²) in [5.41, 5.74) is 0. The molecule has 0 amide bonds. The number of hydrogen-bond donors (Lipinski definition) is 3. The van der Waals surface area contributed by atoms with Gasteiger partial charge in [-0.1, -0.05) is 0 Å². The van der Waals surface area contributed by atoms with Gasteiger partial charge in [0.25, 0.3) is 0 Å². The van der Waals surface area contributed by atoms with Crippen molar-refractivity contribution in [1.29, 1.82) is 0 Å². The first-order chi connectivity index (χ1) is 6.24. The van der Waals surface area contributed by atoms with Gasteiger partial charge < -0.3 is 25.0 Å². The quantitative estimate of drug-likeness (QED) is 0.442. The number of rotatable bonds is 8. The Balaban J connectivity index is 3.46. The summed E-state index contributed by atoms with van der Waals surface area (Å²) in [6.07, 6.45) is -0.545. The Morgan fingerprint density at radius 1 is 1.23 bits per heavy atom. The lowest BCUT2D eigenvalue weighted by Gasteiger charge is -2.17. The van der Waals surface area contributed by atoms with Crippen LogP contribution in [-0.4, -0.2) is 62.9 Å². The minimum Gasteiger partial charge on any atom is -0.395 e. The van der Waals surface area contributed by atoms with Crippen LogP contribution in [0.1, 0.15) is 0 Å². The first-order valence-corrected chi connectivity index (χ1v) is 4.24. The van der Waals surface area contributed by atoms with Gasteiger partial charge in [-0.3, -0.25) is 0 Å². The van der Waals surface area contributed by atoms with Gasteiger partial charge >= 0.3 is 0 Å². The molecule has 0 aliphatic carbocycles. The van der Waals surface area contributed by atoms with E-state index in [-0.39, 0.29) is 19.3 Å². The van der Waals surface area contributed by atoms with Gasteiger partial charge in [-0.05, 0) is 0 Å². The van der Waals surface area contributed by atoms with Crippen LogP contribution in [0.2, 0.25) is 0 Å². The van der Waals surface area contributed by atoms with Gasteiger partial charge in [0, 0.05) is 20.8 Å². The molecule has 0 aromatic carbocycles. The second-order valence-corrected chi connectivity index (χ2v) is 2.85. The zero-order chi connectivity index (χ0) is 10.1. The minimum absolute atomic E-state index is 0.00641. The molecule has 5 nitrogen and oxygen atoms in total. The lowest BCUT2D eigenvalue weighted by Crippen LogP contribution is -2.41. The molecule has 5 heteroatoms. The van der Waals surface area contributed by atoms with E-state index in [1.165, 1.54) is 7.11 Å². The van der Waals surface area contributed by atoms with Crippen molar-refractivity contribution in [1.82, 2.24) is 5.32 Å². The van der Waals surface area contributed by atoms with E-state index in [4.69, 9.17) is 14.6 Å². The Morgan fingerprint density at radius 2 is 1.85 bits per heavy atom.